The average molecular weight is 444 g/mol. The minimum Gasteiger partial charge on any atom is -0.489 e. The summed E-state index contributed by atoms with van der Waals surface area (Å²) in [4.78, 5) is 14.4. The van der Waals surface area contributed by atoms with E-state index in [-0.39, 0.29) is 11.3 Å². The number of ether oxygens (including phenoxy) is 1. The van der Waals surface area contributed by atoms with Gasteiger partial charge in [0.1, 0.15) is 17.7 Å². The number of carbonyl (C=O) groups is 1. The molecule has 0 saturated carbocycles. The van der Waals surface area contributed by atoms with Crippen molar-refractivity contribution in [2.24, 2.45) is 0 Å². The van der Waals surface area contributed by atoms with Crippen LogP contribution in [0.4, 0.5) is 5.69 Å². The Balaban J connectivity index is 1.64. The highest BCUT2D eigenvalue weighted by Gasteiger charge is 2.36. The Morgan fingerprint density at radius 1 is 1.00 bits per heavy atom. The average Bonchev–Trinajstić information content (AvgIpc) is 3.10. The first-order chi connectivity index (χ1) is 14.0. The van der Waals surface area contributed by atoms with E-state index in [1.807, 2.05) is 30.3 Å². The summed E-state index contributed by atoms with van der Waals surface area (Å²) in [7, 11) is 0. The first-order valence-corrected chi connectivity index (χ1v) is 11.0. The molecule has 1 fully saturated rings. The van der Waals surface area contributed by atoms with Crippen LogP contribution in [0.2, 0.25) is 10.0 Å². The summed E-state index contributed by atoms with van der Waals surface area (Å²) < 4.78 is 6.14. The molecular weight excluding hydrogens is 425 g/mol. The molecule has 29 heavy (non-hydrogen) atoms. The van der Waals surface area contributed by atoms with Crippen molar-refractivity contribution < 1.29 is 9.53 Å². The summed E-state index contributed by atoms with van der Waals surface area (Å²) in [6.07, 6.45) is 0. The van der Waals surface area contributed by atoms with E-state index in [0.717, 1.165) is 22.6 Å². The van der Waals surface area contributed by atoms with E-state index >= 15 is 0 Å². The van der Waals surface area contributed by atoms with Gasteiger partial charge in [-0.05, 0) is 55.0 Å². The smallest absolute Gasteiger partial charge is 0.238 e. The van der Waals surface area contributed by atoms with Gasteiger partial charge in [0, 0.05) is 21.3 Å². The number of carbonyl (C=O) groups excluding carboxylic acids is 1. The van der Waals surface area contributed by atoms with Crippen molar-refractivity contribution in [1.82, 2.24) is 0 Å². The molecule has 3 aromatic carbocycles. The Morgan fingerprint density at radius 3 is 2.41 bits per heavy atom. The van der Waals surface area contributed by atoms with Crippen LogP contribution in [0.3, 0.4) is 0 Å². The van der Waals surface area contributed by atoms with Crippen LogP contribution in [0, 0.1) is 6.92 Å². The minimum atomic E-state index is -0.213. The van der Waals surface area contributed by atoms with Gasteiger partial charge in [0.15, 0.2) is 0 Å². The van der Waals surface area contributed by atoms with Gasteiger partial charge in [-0.25, -0.2) is 0 Å². The second kappa shape index (κ2) is 8.70. The molecule has 0 bridgehead atoms. The van der Waals surface area contributed by atoms with Crippen LogP contribution in [-0.4, -0.2) is 11.7 Å². The molecule has 1 aliphatic rings. The molecule has 0 spiro atoms. The monoisotopic (exact) mass is 443 g/mol. The molecule has 1 aliphatic heterocycles. The molecule has 6 heteroatoms. The normalized spacial score (nSPS) is 16.3. The highest BCUT2D eigenvalue weighted by molar-refractivity contribution is 8.00. The largest absolute Gasteiger partial charge is 0.489 e. The van der Waals surface area contributed by atoms with Crippen molar-refractivity contribution in [3.63, 3.8) is 0 Å². The number of aryl methyl sites for hydroxylation is 1. The maximum atomic E-state index is 12.6. The molecule has 3 nitrogen and oxygen atoms in total. The van der Waals surface area contributed by atoms with Gasteiger partial charge in [-0.3, -0.25) is 9.69 Å². The Labute approximate surface area is 184 Å². The van der Waals surface area contributed by atoms with Gasteiger partial charge in [0.25, 0.3) is 0 Å². The number of rotatable bonds is 5. The number of hydrogen-bond acceptors (Lipinski definition) is 3. The van der Waals surface area contributed by atoms with Crippen LogP contribution in [0.25, 0.3) is 0 Å². The van der Waals surface area contributed by atoms with E-state index in [0.29, 0.717) is 22.4 Å². The van der Waals surface area contributed by atoms with Crippen molar-refractivity contribution >= 4 is 46.6 Å². The number of hydrogen-bond donors (Lipinski definition) is 0. The van der Waals surface area contributed by atoms with Gasteiger partial charge in [-0.15, -0.1) is 11.8 Å². The maximum Gasteiger partial charge on any atom is 0.238 e. The summed E-state index contributed by atoms with van der Waals surface area (Å²) in [6.45, 7) is 2.50. The lowest BCUT2D eigenvalue weighted by molar-refractivity contribution is -0.115. The Morgan fingerprint density at radius 2 is 1.69 bits per heavy atom. The quantitative estimate of drug-likeness (QED) is 0.441. The van der Waals surface area contributed by atoms with E-state index < -0.39 is 0 Å². The summed E-state index contributed by atoms with van der Waals surface area (Å²) in [6, 6.07) is 21.1. The Bertz CT molecular complexity index is 1020. The number of thioether (sulfide) groups is 1. The van der Waals surface area contributed by atoms with E-state index in [1.54, 1.807) is 28.8 Å². The number of anilines is 1. The van der Waals surface area contributed by atoms with Crippen LogP contribution >= 0.6 is 35.0 Å². The molecule has 0 unspecified atom stereocenters. The van der Waals surface area contributed by atoms with Gasteiger partial charge in [-0.2, -0.15) is 0 Å². The highest BCUT2D eigenvalue weighted by atomic mass is 35.5. The zero-order valence-corrected chi connectivity index (χ0v) is 18.1. The fraction of sp³-hybridized carbons (Fsp3) is 0.174. The molecule has 0 aliphatic carbocycles. The summed E-state index contributed by atoms with van der Waals surface area (Å²) in [5.41, 5.74) is 3.98. The Hall–Kier alpha value is -2.14. The van der Waals surface area contributed by atoms with Gasteiger partial charge in [0.2, 0.25) is 5.91 Å². The second-order valence-electron chi connectivity index (χ2n) is 6.86. The molecule has 148 valence electrons. The summed E-state index contributed by atoms with van der Waals surface area (Å²) in [5, 5.41) is 1.03. The zero-order valence-electron chi connectivity index (χ0n) is 15.8. The van der Waals surface area contributed by atoms with Gasteiger partial charge in [0.05, 0.1) is 5.75 Å². The van der Waals surface area contributed by atoms with Crippen LogP contribution in [0.1, 0.15) is 22.1 Å². The van der Waals surface area contributed by atoms with Crippen molar-refractivity contribution in [3.8, 4) is 5.75 Å². The molecule has 1 saturated heterocycles. The fourth-order valence-electron chi connectivity index (χ4n) is 3.22. The molecular formula is C23H19Cl2NO2S. The highest BCUT2D eigenvalue weighted by Crippen LogP contribution is 2.45. The third-order valence-corrected chi connectivity index (χ3v) is 6.41. The number of amides is 1. The third-order valence-electron chi connectivity index (χ3n) is 4.73. The predicted octanol–water partition coefficient (Wildman–Crippen LogP) is 6.66. The molecule has 3 aromatic rings. The second-order valence-corrected chi connectivity index (χ2v) is 8.80. The third kappa shape index (κ3) is 4.55. The van der Waals surface area contributed by atoms with Crippen LogP contribution < -0.4 is 9.64 Å². The molecule has 1 heterocycles. The van der Waals surface area contributed by atoms with Crippen LogP contribution in [0.5, 0.6) is 5.75 Å². The molecule has 0 N–H and O–H groups in total. The van der Waals surface area contributed by atoms with Crippen molar-refractivity contribution in [2.75, 3.05) is 10.7 Å². The van der Waals surface area contributed by atoms with E-state index in [1.165, 1.54) is 5.56 Å². The SMILES string of the molecule is Cc1ccc(COc2ccc(Cl)cc2[C@H]2SCC(=O)N2c2ccc(Cl)cc2)cc1. The maximum absolute atomic E-state index is 12.6. The van der Waals surface area contributed by atoms with Gasteiger partial charge >= 0.3 is 0 Å². The molecule has 1 atom stereocenters. The molecule has 1 amide bonds. The topological polar surface area (TPSA) is 29.5 Å². The standard InChI is InChI=1S/C23H19Cl2NO2S/c1-15-2-4-16(5-3-15)13-28-21-11-8-18(25)12-20(21)23-26(22(27)14-29-23)19-9-6-17(24)7-10-19/h2-12,23H,13-14H2,1H3/t23-/m1/s1. The zero-order chi connectivity index (χ0) is 20.4. The number of benzene rings is 3. The van der Waals surface area contributed by atoms with Gasteiger partial charge < -0.3 is 4.74 Å². The predicted molar refractivity (Wildman–Crippen MR) is 121 cm³/mol. The first kappa shape index (κ1) is 20.1. The summed E-state index contributed by atoms with van der Waals surface area (Å²) >= 11 is 13.9. The number of halogens is 2. The van der Waals surface area contributed by atoms with Crippen LogP contribution in [0.15, 0.2) is 66.7 Å². The lowest BCUT2D eigenvalue weighted by atomic mass is 10.1. The number of nitrogens with zero attached hydrogens (tertiary/aromatic N) is 1. The summed E-state index contributed by atoms with van der Waals surface area (Å²) in [5.74, 6) is 1.17. The fourth-order valence-corrected chi connectivity index (χ4v) is 4.72. The van der Waals surface area contributed by atoms with E-state index in [9.17, 15) is 4.79 Å². The van der Waals surface area contributed by atoms with E-state index in [4.69, 9.17) is 27.9 Å². The molecule has 0 aromatic heterocycles. The molecule has 0 radical (unpaired) electrons. The van der Waals surface area contributed by atoms with Gasteiger partial charge in [-0.1, -0.05) is 53.0 Å². The Kier molecular flexibility index (Phi) is 6.04. The molecule has 4 rings (SSSR count). The van der Waals surface area contributed by atoms with Crippen molar-refractivity contribution in [2.45, 2.75) is 18.9 Å². The van der Waals surface area contributed by atoms with Crippen molar-refractivity contribution in [3.05, 3.63) is 93.5 Å². The van der Waals surface area contributed by atoms with E-state index in [2.05, 4.69) is 31.2 Å². The lowest BCUT2D eigenvalue weighted by Crippen LogP contribution is -2.28. The minimum absolute atomic E-state index is 0.0479. The first-order valence-electron chi connectivity index (χ1n) is 9.18. The lowest BCUT2D eigenvalue weighted by Gasteiger charge is -2.26. The van der Waals surface area contributed by atoms with Crippen molar-refractivity contribution in [1.29, 1.82) is 0 Å². The van der Waals surface area contributed by atoms with Crippen LogP contribution in [-0.2, 0) is 11.4 Å².